The minimum Gasteiger partial charge on any atom is -0.346 e. The molecule has 6 aromatic rings. The average molecular weight is 678 g/mol. The molecule has 3 amide bonds. The maximum absolute atomic E-state index is 9.89. The predicted octanol–water partition coefficient (Wildman–Crippen LogP) is 5.76. The fraction of sp³-hybridized carbons (Fsp3) is 0.368. The highest BCUT2D eigenvalue weighted by Crippen LogP contribution is 2.57. The van der Waals surface area contributed by atoms with Gasteiger partial charge in [-0.05, 0) is 111 Å². The van der Waals surface area contributed by atoms with Crippen molar-refractivity contribution in [1.29, 1.82) is 0 Å². The number of nitrogens with one attached hydrogen (secondary N) is 3. The largest absolute Gasteiger partial charge is 0.346 e. The Morgan fingerprint density at radius 1 is 0.460 bits per heavy atom. The maximum atomic E-state index is 9.89. The molecule has 3 aliphatic carbocycles. The molecule has 0 unspecified atom stereocenters. The molecule has 262 valence electrons. The van der Waals surface area contributed by atoms with Gasteiger partial charge in [-0.2, -0.15) is 0 Å². The zero-order chi connectivity index (χ0) is 35.8. The number of fused-ring (bicyclic) bond motifs is 3. The number of hydrogen-bond acceptors (Lipinski definition) is 6. The van der Waals surface area contributed by atoms with Gasteiger partial charge in [0.25, 0.3) is 0 Å². The summed E-state index contributed by atoms with van der Waals surface area (Å²) in [6.07, 6.45) is 7.91. The number of nitrogens with zero attached hydrogens (tertiary/aromatic N) is 6. The number of aromatic amines is 3. The molecular formula is C38H47N9O3. The van der Waals surface area contributed by atoms with Gasteiger partial charge in [0.2, 0.25) is 19.2 Å². The number of benzene rings is 3. The Balaban J connectivity index is 0.000000192. The summed E-state index contributed by atoms with van der Waals surface area (Å²) in [5.41, 5.74) is 14.4. The van der Waals surface area contributed by atoms with E-state index in [-0.39, 0.29) is 11.8 Å². The van der Waals surface area contributed by atoms with Crippen molar-refractivity contribution in [3.05, 3.63) is 88.8 Å². The van der Waals surface area contributed by atoms with Gasteiger partial charge in [-0.3, -0.25) is 14.4 Å². The average Bonchev–Trinajstić information content (AvgIpc) is 3.93. The van der Waals surface area contributed by atoms with E-state index < -0.39 is 0 Å². The zero-order valence-electron chi connectivity index (χ0n) is 29.7. The molecule has 9 rings (SSSR count). The zero-order valence-corrected chi connectivity index (χ0v) is 29.7. The van der Waals surface area contributed by atoms with Crippen molar-refractivity contribution in [3.63, 3.8) is 0 Å². The van der Waals surface area contributed by atoms with Crippen molar-refractivity contribution in [1.82, 2.24) is 44.6 Å². The Hall–Kier alpha value is -5.52. The van der Waals surface area contributed by atoms with Crippen LogP contribution in [0.25, 0.3) is 33.1 Å². The number of aromatic nitrogens is 6. The summed E-state index contributed by atoms with van der Waals surface area (Å²) in [5.74, 6) is 0.358. The molecule has 0 saturated carbocycles. The van der Waals surface area contributed by atoms with Gasteiger partial charge in [-0.25, -0.2) is 15.0 Å². The van der Waals surface area contributed by atoms with Crippen LogP contribution in [0.5, 0.6) is 0 Å². The molecule has 0 atom stereocenters. The highest BCUT2D eigenvalue weighted by Gasteiger charge is 2.42. The van der Waals surface area contributed by atoms with Crippen LogP contribution in [0, 0.1) is 0 Å². The van der Waals surface area contributed by atoms with Crippen molar-refractivity contribution in [2.75, 3.05) is 39.3 Å². The lowest BCUT2D eigenvalue weighted by Crippen LogP contribution is -2.27. The van der Waals surface area contributed by atoms with Crippen molar-refractivity contribution >= 4 is 52.3 Å². The van der Waals surface area contributed by atoms with Gasteiger partial charge in [0.1, 0.15) is 0 Å². The summed E-state index contributed by atoms with van der Waals surface area (Å²) in [6, 6.07) is 13.6. The molecule has 3 N–H and O–H groups in total. The van der Waals surface area contributed by atoms with Crippen molar-refractivity contribution < 1.29 is 14.4 Å². The summed E-state index contributed by atoms with van der Waals surface area (Å²) in [4.78, 5) is 58.2. The van der Waals surface area contributed by atoms with Gasteiger partial charge in [-0.15, -0.1) is 0 Å². The minimum absolute atomic E-state index is 0.170. The maximum Gasteiger partial charge on any atom is 0.209 e. The lowest BCUT2D eigenvalue weighted by molar-refractivity contribution is -0.118. The first-order chi connectivity index (χ1) is 24.4. The normalized spacial score (nSPS) is 14.5. The van der Waals surface area contributed by atoms with Gasteiger partial charge in [-0.1, -0.05) is 0 Å². The monoisotopic (exact) mass is 677 g/mol. The van der Waals surface area contributed by atoms with E-state index in [1.54, 1.807) is 33.7 Å². The minimum atomic E-state index is 0.170. The van der Waals surface area contributed by atoms with E-state index in [4.69, 9.17) is 0 Å². The fourth-order valence-electron chi connectivity index (χ4n) is 6.67. The van der Waals surface area contributed by atoms with E-state index in [1.165, 1.54) is 33.4 Å². The van der Waals surface area contributed by atoms with Gasteiger partial charge < -0.3 is 29.7 Å². The molecule has 3 aromatic heterocycles. The number of carbonyl (C=O) groups excluding carboxylic acids is 3. The molecule has 2 bridgehead atoms. The topological polar surface area (TPSA) is 147 Å². The Morgan fingerprint density at radius 2 is 0.700 bits per heavy atom. The molecule has 0 fully saturated rings. The van der Waals surface area contributed by atoms with Crippen LogP contribution in [0.1, 0.15) is 86.8 Å². The molecule has 3 aromatic carbocycles. The Kier molecular flexibility index (Phi) is 11.6. The van der Waals surface area contributed by atoms with Gasteiger partial charge in [0.15, 0.2) is 0 Å². The van der Waals surface area contributed by atoms with E-state index in [1.807, 2.05) is 41.5 Å². The van der Waals surface area contributed by atoms with Crippen LogP contribution in [0.2, 0.25) is 0 Å². The van der Waals surface area contributed by atoms with Crippen molar-refractivity contribution in [2.24, 2.45) is 0 Å². The third-order valence-electron chi connectivity index (χ3n) is 9.63. The predicted molar refractivity (Wildman–Crippen MR) is 197 cm³/mol. The second-order valence-electron chi connectivity index (χ2n) is 12.0. The quantitative estimate of drug-likeness (QED) is 0.166. The first-order valence-corrected chi connectivity index (χ1v) is 17.4. The number of rotatable bonds is 9. The Morgan fingerprint density at radius 3 is 0.900 bits per heavy atom. The summed E-state index contributed by atoms with van der Waals surface area (Å²) >= 11 is 0. The Labute approximate surface area is 292 Å². The first-order valence-electron chi connectivity index (χ1n) is 17.4. The molecule has 0 spiro atoms. The highest BCUT2D eigenvalue weighted by atomic mass is 16.1. The summed E-state index contributed by atoms with van der Waals surface area (Å²) in [7, 11) is 0. The second-order valence-corrected chi connectivity index (χ2v) is 12.0. The van der Waals surface area contributed by atoms with E-state index in [2.05, 4.69) is 66.3 Å². The standard InChI is InChI=1S/C23H14N6.3C5H11NO/c1-10-11(2-17-16(1)24-7-25-17)23-14-5-20-18(26-8-28-20)3-12(14)22(10)13-4-19-21(6-15(13)23)29-9-27-19;3*1-3-6(4-2)5-7/h1-9,22-23H,(H,24,25)(H,26,28)(H,27,29);3*5H,3-4H2,1-2H3. The SMILES string of the molecule is CCN(C=O)CC.CCN(C=O)CC.CCN(C=O)CC.c1nc2cc3c(cc2[nH]1)C1c2cc4[nH]cnc4cc2C3c2cc3nc[nH]c3cc21. The molecule has 3 aliphatic rings. The van der Waals surface area contributed by atoms with Gasteiger partial charge in [0.05, 0.1) is 52.1 Å². The summed E-state index contributed by atoms with van der Waals surface area (Å²) in [5, 5.41) is 0. The van der Waals surface area contributed by atoms with Crippen molar-refractivity contribution in [3.8, 4) is 0 Å². The summed E-state index contributed by atoms with van der Waals surface area (Å²) < 4.78 is 0. The number of hydrogen-bond donors (Lipinski definition) is 3. The van der Waals surface area contributed by atoms with Crippen molar-refractivity contribution in [2.45, 2.75) is 53.4 Å². The van der Waals surface area contributed by atoms with E-state index in [0.717, 1.165) is 91.6 Å². The number of H-pyrrole nitrogens is 3. The van der Waals surface area contributed by atoms with Gasteiger partial charge >= 0.3 is 0 Å². The molecular weight excluding hydrogens is 630 g/mol. The fourth-order valence-corrected chi connectivity index (χ4v) is 6.67. The van der Waals surface area contributed by atoms with Crippen LogP contribution in [0.4, 0.5) is 0 Å². The number of carbonyl (C=O) groups is 3. The van der Waals surface area contributed by atoms with Crippen LogP contribution in [0.3, 0.4) is 0 Å². The lowest BCUT2D eigenvalue weighted by atomic mass is 9.61. The number of amides is 3. The van der Waals surface area contributed by atoms with Crippen LogP contribution >= 0.6 is 0 Å². The molecule has 3 heterocycles. The molecule has 12 heteroatoms. The van der Waals surface area contributed by atoms with Gasteiger partial charge in [0, 0.05) is 51.1 Å². The van der Waals surface area contributed by atoms with Crippen LogP contribution < -0.4 is 0 Å². The lowest BCUT2D eigenvalue weighted by Gasteiger charge is -2.42. The molecule has 50 heavy (non-hydrogen) atoms. The molecule has 0 saturated heterocycles. The molecule has 12 nitrogen and oxygen atoms in total. The van der Waals surface area contributed by atoms with Crippen LogP contribution in [-0.2, 0) is 14.4 Å². The van der Waals surface area contributed by atoms with E-state index in [0.29, 0.717) is 0 Å². The Bertz CT molecular complexity index is 1700. The second kappa shape index (κ2) is 16.3. The third-order valence-corrected chi connectivity index (χ3v) is 9.63. The first kappa shape index (κ1) is 35.8. The van der Waals surface area contributed by atoms with E-state index >= 15 is 0 Å². The van der Waals surface area contributed by atoms with Crippen LogP contribution in [0.15, 0.2) is 55.4 Å². The smallest absolute Gasteiger partial charge is 0.209 e. The highest BCUT2D eigenvalue weighted by molar-refractivity contribution is 5.87. The summed E-state index contributed by atoms with van der Waals surface area (Å²) in [6.45, 7) is 16.7. The number of imidazole rings is 3. The van der Waals surface area contributed by atoms with Crippen LogP contribution in [-0.4, -0.2) is 103 Å². The third kappa shape index (κ3) is 6.96. The van der Waals surface area contributed by atoms with E-state index in [9.17, 15) is 14.4 Å². The molecule has 0 aliphatic heterocycles. The molecule has 0 radical (unpaired) electrons.